The fourth-order valence-electron chi connectivity index (χ4n) is 4.76. The van der Waals surface area contributed by atoms with Crippen LogP contribution in [0.25, 0.3) is 16.9 Å². The molecule has 9 heteroatoms. The summed E-state index contributed by atoms with van der Waals surface area (Å²) in [6.45, 7) is 7.91. The van der Waals surface area contributed by atoms with Crippen molar-refractivity contribution in [1.29, 1.82) is 0 Å². The molecule has 1 aliphatic heterocycles. The molecule has 1 aliphatic rings. The molecule has 2 aromatic carbocycles. The van der Waals surface area contributed by atoms with E-state index in [9.17, 15) is 0 Å². The number of rotatable bonds is 9. The molecule has 1 fully saturated rings. The van der Waals surface area contributed by atoms with Crippen molar-refractivity contribution in [3.05, 3.63) is 70.7 Å². The first-order valence-electron chi connectivity index (χ1n) is 12.6. The van der Waals surface area contributed by atoms with Gasteiger partial charge in [0.05, 0.1) is 15.7 Å². The lowest BCUT2D eigenvalue weighted by atomic mass is 10.2. The zero-order valence-corrected chi connectivity index (χ0v) is 22.0. The summed E-state index contributed by atoms with van der Waals surface area (Å²) in [5, 5.41) is 4.77. The number of hydrogen-bond acceptors (Lipinski definition) is 6. The first-order valence-corrected chi connectivity index (χ1v) is 13.3. The smallest absolute Gasteiger partial charge is 0.170 e. The third-order valence-corrected chi connectivity index (χ3v) is 7.40. The van der Waals surface area contributed by atoms with E-state index in [0.29, 0.717) is 10.0 Å². The third kappa shape index (κ3) is 5.28. The maximum atomic E-state index is 6.42. The van der Waals surface area contributed by atoms with Gasteiger partial charge in [-0.3, -0.25) is 9.47 Å². The monoisotopic (exact) mass is 523 g/mol. The van der Waals surface area contributed by atoms with Gasteiger partial charge in [0.1, 0.15) is 12.2 Å². The third-order valence-electron chi connectivity index (χ3n) is 6.59. The lowest BCUT2D eigenvalue weighted by molar-refractivity contribution is 0.257. The minimum atomic E-state index is 0.608. The highest BCUT2D eigenvalue weighted by Crippen LogP contribution is 2.33. The summed E-state index contributed by atoms with van der Waals surface area (Å²) in [6, 6.07) is 16.1. The molecule has 3 heterocycles. The molecule has 0 unspecified atom stereocenters. The predicted molar refractivity (Wildman–Crippen MR) is 149 cm³/mol. The number of fused-ring (bicyclic) bond motifs is 1. The summed E-state index contributed by atoms with van der Waals surface area (Å²) in [5.41, 5.74) is 3.77. The first kappa shape index (κ1) is 24.8. The molecule has 0 atom stereocenters. The van der Waals surface area contributed by atoms with Crippen LogP contribution >= 0.6 is 23.2 Å². The second-order valence-corrected chi connectivity index (χ2v) is 9.81. The van der Waals surface area contributed by atoms with Crippen LogP contribution in [0, 0.1) is 0 Å². The predicted octanol–water partition coefficient (Wildman–Crippen LogP) is 5.70. The average molecular weight is 525 g/mol. The largest absolute Gasteiger partial charge is 0.368 e. The van der Waals surface area contributed by atoms with Crippen LogP contribution in [-0.4, -0.2) is 63.7 Å². The molecule has 1 saturated heterocycles. The first-order chi connectivity index (χ1) is 17.7. The van der Waals surface area contributed by atoms with Crippen LogP contribution in [0.1, 0.15) is 25.6 Å². The van der Waals surface area contributed by atoms with Crippen LogP contribution in [0.4, 0.5) is 11.5 Å². The van der Waals surface area contributed by atoms with Crippen LogP contribution in [-0.2, 0) is 6.42 Å². The number of aromatic nitrogens is 4. The van der Waals surface area contributed by atoms with Crippen LogP contribution in [0.5, 0.6) is 0 Å². The number of nitrogens with zero attached hydrogens (tertiary/aromatic N) is 6. The second kappa shape index (κ2) is 11.5. The summed E-state index contributed by atoms with van der Waals surface area (Å²) < 4.78 is 2.15. The Morgan fingerprint density at radius 1 is 0.944 bits per heavy atom. The number of para-hydroxylation sites is 1. The molecule has 36 heavy (non-hydrogen) atoms. The van der Waals surface area contributed by atoms with Crippen molar-refractivity contribution in [2.24, 2.45) is 0 Å². The van der Waals surface area contributed by atoms with Crippen molar-refractivity contribution in [2.75, 3.05) is 49.5 Å². The lowest BCUT2D eigenvalue weighted by Crippen LogP contribution is -2.47. The van der Waals surface area contributed by atoms with Gasteiger partial charge in [-0.25, -0.2) is 15.0 Å². The minimum absolute atomic E-state index is 0.608. The quantitative estimate of drug-likeness (QED) is 0.284. The Morgan fingerprint density at radius 2 is 1.75 bits per heavy atom. The van der Waals surface area contributed by atoms with E-state index < -0.39 is 0 Å². The van der Waals surface area contributed by atoms with Gasteiger partial charge < -0.3 is 10.2 Å². The molecular weight excluding hydrogens is 493 g/mol. The number of piperazine rings is 1. The average Bonchev–Trinajstić information content (AvgIpc) is 3.28. The van der Waals surface area contributed by atoms with E-state index in [4.69, 9.17) is 28.2 Å². The van der Waals surface area contributed by atoms with Crippen molar-refractivity contribution >= 4 is 45.9 Å². The maximum Gasteiger partial charge on any atom is 0.170 e. The highest BCUT2D eigenvalue weighted by atomic mass is 35.5. The molecule has 0 spiro atoms. The zero-order valence-electron chi connectivity index (χ0n) is 20.5. The van der Waals surface area contributed by atoms with Crippen molar-refractivity contribution in [1.82, 2.24) is 24.4 Å². The Balaban J connectivity index is 1.19. The maximum absolute atomic E-state index is 6.42. The van der Waals surface area contributed by atoms with Crippen LogP contribution in [0.2, 0.25) is 10.0 Å². The highest BCUT2D eigenvalue weighted by Gasteiger charge is 2.20. The number of aryl methyl sites for hydroxylation is 1. The molecule has 0 bridgehead atoms. The van der Waals surface area contributed by atoms with Crippen molar-refractivity contribution < 1.29 is 0 Å². The topological polar surface area (TPSA) is 62.1 Å². The number of benzene rings is 2. The van der Waals surface area contributed by atoms with E-state index in [0.717, 1.165) is 92.7 Å². The van der Waals surface area contributed by atoms with Gasteiger partial charge in [-0.05, 0) is 43.7 Å². The SMILES string of the molecule is CCCc1nc2c(NCCCN3CCN(c4cccc(Cl)c4Cl)CC3)ncnc2n1-c1ccccc1. The van der Waals surface area contributed by atoms with Crippen molar-refractivity contribution in [3.63, 3.8) is 0 Å². The van der Waals surface area contributed by atoms with E-state index in [1.807, 2.05) is 36.4 Å². The standard InChI is InChI=1S/C27H31Cl2N7/c1-2-8-23-33-25-26(31-19-32-27(25)36(23)20-9-4-3-5-10-20)30-13-7-14-34-15-17-35(18-16-34)22-12-6-11-21(28)24(22)29/h3-6,9-12,19H,2,7-8,13-18H2,1H3,(H,30,31,32). The summed E-state index contributed by atoms with van der Waals surface area (Å²) in [4.78, 5) is 18.9. The van der Waals surface area contributed by atoms with E-state index in [1.165, 1.54) is 0 Å². The molecule has 2 aromatic heterocycles. The van der Waals surface area contributed by atoms with Crippen molar-refractivity contribution in [2.45, 2.75) is 26.2 Å². The Bertz CT molecular complexity index is 1300. The second-order valence-electron chi connectivity index (χ2n) is 9.03. The number of imidazole rings is 1. The Hall–Kier alpha value is -2.87. The number of halogens is 2. The Morgan fingerprint density at radius 3 is 2.53 bits per heavy atom. The molecule has 1 N–H and O–H groups in total. The zero-order chi connectivity index (χ0) is 24.9. The van der Waals surface area contributed by atoms with E-state index in [1.54, 1.807) is 6.33 Å². The summed E-state index contributed by atoms with van der Waals surface area (Å²) in [5.74, 6) is 1.81. The van der Waals surface area contributed by atoms with Gasteiger partial charge in [-0.15, -0.1) is 0 Å². The van der Waals surface area contributed by atoms with Gasteiger partial charge in [-0.2, -0.15) is 0 Å². The Kier molecular flexibility index (Phi) is 7.90. The van der Waals surface area contributed by atoms with Crippen LogP contribution in [0.3, 0.4) is 0 Å². The number of anilines is 2. The lowest BCUT2D eigenvalue weighted by Gasteiger charge is -2.36. The van der Waals surface area contributed by atoms with E-state index in [-0.39, 0.29) is 0 Å². The molecule has 0 amide bonds. The molecule has 0 saturated carbocycles. The molecule has 5 rings (SSSR count). The summed E-state index contributed by atoms with van der Waals surface area (Å²) >= 11 is 12.6. The molecule has 7 nitrogen and oxygen atoms in total. The highest BCUT2D eigenvalue weighted by molar-refractivity contribution is 6.43. The normalized spacial score (nSPS) is 14.5. The minimum Gasteiger partial charge on any atom is -0.368 e. The molecule has 0 aliphatic carbocycles. The van der Waals surface area contributed by atoms with Gasteiger partial charge in [0.2, 0.25) is 0 Å². The summed E-state index contributed by atoms with van der Waals surface area (Å²) in [7, 11) is 0. The van der Waals surface area contributed by atoms with Gasteiger partial charge in [0, 0.05) is 44.8 Å². The molecule has 0 radical (unpaired) electrons. The van der Waals surface area contributed by atoms with Gasteiger partial charge in [0.25, 0.3) is 0 Å². The fraction of sp³-hybridized carbons (Fsp3) is 0.370. The van der Waals surface area contributed by atoms with Crippen LogP contribution < -0.4 is 10.2 Å². The number of nitrogens with one attached hydrogen (secondary N) is 1. The number of hydrogen-bond donors (Lipinski definition) is 1. The summed E-state index contributed by atoms with van der Waals surface area (Å²) in [6.07, 6.45) is 4.55. The van der Waals surface area contributed by atoms with Crippen molar-refractivity contribution in [3.8, 4) is 5.69 Å². The fourth-order valence-corrected chi connectivity index (χ4v) is 5.18. The van der Waals surface area contributed by atoms with Crippen LogP contribution in [0.15, 0.2) is 54.9 Å². The Labute approximate surface area is 222 Å². The molecular formula is C27H31Cl2N7. The molecule has 188 valence electrons. The van der Waals surface area contributed by atoms with Gasteiger partial charge in [-0.1, -0.05) is 54.4 Å². The van der Waals surface area contributed by atoms with E-state index in [2.05, 4.69) is 48.7 Å². The van der Waals surface area contributed by atoms with E-state index >= 15 is 0 Å². The van der Waals surface area contributed by atoms with Gasteiger partial charge in [0.15, 0.2) is 17.0 Å². The van der Waals surface area contributed by atoms with Gasteiger partial charge >= 0.3 is 0 Å². The molecule has 4 aromatic rings.